The molecule has 1 saturated carbocycles. The molecule has 1 unspecified atom stereocenters. The molecule has 88 valence electrons. The summed E-state index contributed by atoms with van der Waals surface area (Å²) >= 11 is 0. The molecular formula is C11H22N2O2. The van der Waals surface area contributed by atoms with Crippen LogP contribution in [0.2, 0.25) is 0 Å². The van der Waals surface area contributed by atoms with E-state index in [9.17, 15) is 4.79 Å². The van der Waals surface area contributed by atoms with E-state index in [1.165, 1.54) is 37.9 Å². The van der Waals surface area contributed by atoms with Gasteiger partial charge in [-0.2, -0.15) is 0 Å². The average Bonchev–Trinajstić information content (AvgIpc) is 2.77. The molecule has 4 heteroatoms. The lowest BCUT2D eigenvalue weighted by molar-refractivity contribution is -0.170. The molecule has 0 heterocycles. The molecule has 1 aliphatic rings. The number of hydrogen-bond acceptors (Lipinski definition) is 3. The van der Waals surface area contributed by atoms with E-state index >= 15 is 0 Å². The van der Waals surface area contributed by atoms with Crippen LogP contribution >= 0.6 is 0 Å². The Labute approximate surface area is 91.7 Å². The average molecular weight is 214 g/mol. The van der Waals surface area contributed by atoms with Crippen molar-refractivity contribution in [2.75, 3.05) is 20.7 Å². The molecule has 2 N–H and O–H groups in total. The highest BCUT2D eigenvalue weighted by Crippen LogP contribution is 2.32. The van der Waals surface area contributed by atoms with E-state index < -0.39 is 0 Å². The molecule has 0 aromatic carbocycles. The molecular weight excluding hydrogens is 192 g/mol. The molecule has 15 heavy (non-hydrogen) atoms. The maximum atomic E-state index is 11.6. The molecule has 0 saturated heterocycles. The van der Waals surface area contributed by atoms with E-state index in [-0.39, 0.29) is 5.91 Å². The summed E-state index contributed by atoms with van der Waals surface area (Å²) in [6.45, 7) is 0.605. The van der Waals surface area contributed by atoms with Crippen molar-refractivity contribution in [1.82, 2.24) is 5.06 Å². The Morgan fingerprint density at radius 1 is 1.53 bits per heavy atom. The van der Waals surface area contributed by atoms with E-state index in [2.05, 4.69) is 0 Å². The predicted octanol–water partition coefficient (Wildman–Crippen LogP) is 1.16. The van der Waals surface area contributed by atoms with Gasteiger partial charge in [0.15, 0.2) is 0 Å². The van der Waals surface area contributed by atoms with Gasteiger partial charge in [0.05, 0.1) is 7.11 Å². The normalized spacial score (nSPS) is 19.1. The van der Waals surface area contributed by atoms with Gasteiger partial charge in [0.1, 0.15) is 0 Å². The highest BCUT2D eigenvalue weighted by atomic mass is 16.7. The summed E-state index contributed by atoms with van der Waals surface area (Å²) in [7, 11) is 3.15. The van der Waals surface area contributed by atoms with Crippen molar-refractivity contribution >= 4 is 5.91 Å². The lowest BCUT2D eigenvalue weighted by atomic mass is 9.88. The van der Waals surface area contributed by atoms with Crippen LogP contribution in [0.25, 0.3) is 0 Å². The lowest BCUT2D eigenvalue weighted by Gasteiger charge is -2.23. The van der Waals surface area contributed by atoms with Crippen LogP contribution in [-0.4, -0.2) is 31.7 Å². The quantitative estimate of drug-likeness (QED) is 0.699. The van der Waals surface area contributed by atoms with Gasteiger partial charge < -0.3 is 5.73 Å². The molecule has 0 aromatic heterocycles. The molecule has 4 nitrogen and oxygen atoms in total. The topological polar surface area (TPSA) is 55.6 Å². The Balaban J connectivity index is 2.41. The van der Waals surface area contributed by atoms with Gasteiger partial charge in [-0.05, 0) is 18.4 Å². The number of hydrogen-bond donors (Lipinski definition) is 1. The number of rotatable bonds is 5. The molecule has 0 radical (unpaired) electrons. The summed E-state index contributed by atoms with van der Waals surface area (Å²) < 4.78 is 0. The summed E-state index contributed by atoms with van der Waals surface area (Å²) in [5, 5.41) is 1.29. The second-order valence-corrected chi connectivity index (χ2v) is 4.32. The van der Waals surface area contributed by atoms with Gasteiger partial charge in [0.2, 0.25) is 5.91 Å². The Morgan fingerprint density at radius 2 is 2.13 bits per heavy atom. The molecule has 0 spiro atoms. The number of amides is 1. The van der Waals surface area contributed by atoms with E-state index in [0.29, 0.717) is 24.8 Å². The van der Waals surface area contributed by atoms with Crippen LogP contribution in [0.15, 0.2) is 0 Å². The van der Waals surface area contributed by atoms with E-state index in [1.807, 2.05) is 0 Å². The lowest BCUT2D eigenvalue weighted by Crippen LogP contribution is -2.32. The molecule has 1 atom stereocenters. The van der Waals surface area contributed by atoms with Gasteiger partial charge in [-0.1, -0.05) is 25.7 Å². The van der Waals surface area contributed by atoms with Crippen LogP contribution in [0.5, 0.6) is 0 Å². The fourth-order valence-corrected chi connectivity index (χ4v) is 2.33. The third-order valence-electron chi connectivity index (χ3n) is 3.43. The summed E-state index contributed by atoms with van der Waals surface area (Å²) in [6.07, 6.45) is 5.55. The Kier molecular flexibility index (Phi) is 5.05. The van der Waals surface area contributed by atoms with Gasteiger partial charge in [-0.3, -0.25) is 9.63 Å². The minimum absolute atomic E-state index is 0.0276. The van der Waals surface area contributed by atoms with E-state index in [4.69, 9.17) is 10.6 Å². The Morgan fingerprint density at radius 3 is 2.60 bits per heavy atom. The number of carbonyl (C=O) groups is 1. The van der Waals surface area contributed by atoms with Gasteiger partial charge in [0, 0.05) is 13.5 Å². The van der Waals surface area contributed by atoms with Gasteiger partial charge in [-0.15, -0.1) is 0 Å². The third-order valence-corrected chi connectivity index (χ3v) is 3.43. The highest BCUT2D eigenvalue weighted by Gasteiger charge is 2.26. The minimum Gasteiger partial charge on any atom is -0.330 e. The van der Waals surface area contributed by atoms with Crippen molar-refractivity contribution in [1.29, 1.82) is 0 Å². The maximum absolute atomic E-state index is 11.6. The minimum atomic E-state index is 0.0276. The third kappa shape index (κ3) is 3.47. The first kappa shape index (κ1) is 12.5. The zero-order valence-electron chi connectivity index (χ0n) is 9.74. The number of carbonyl (C=O) groups excluding carboxylic acids is 1. The standard InChI is InChI=1S/C11H22N2O2/c1-13(15-2)11(14)7-10(8-12)9-5-3-4-6-9/h9-10H,3-8,12H2,1-2H3. The fourth-order valence-electron chi connectivity index (χ4n) is 2.33. The first-order valence-corrected chi connectivity index (χ1v) is 5.69. The van der Waals surface area contributed by atoms with Crippen molar-refractivity contribution in [2.45, 2.75) is 32.1 Å². The Hall–Kier alpha value is -0.610. The summed E-state index contributed by atoms with van der Waals surface area (Å²) in [6, 6.07) is 0. The SMILES string of the molecule is CON(C)C(=O)CC(CN)C1CCCC1. The smallest absolute Gasteiger partial charge is 0.246 e. The number of nitrogens with zero attached hydrogens (tertiary/aromatic N) is 1. The number of hydroxylamine groups is 2. The van der Waals surface area contributed by atoms with Gasteiger partial charge in [-0.25, -0.2) is 5.06 Å². The summed E-state index contributed by atoms with van der Waals surface area (Å²) in [4.78, 5) is 16.5. The summed E-state index contributed by atoms with van der Waals surface area (Å²) in [5.74, 6) is 1.00. The number of nitrogens with two attached hydrogens (primary N) is 1. The highest BCUT2D eigenvalue weighted by molar-refractivity contribution is 5.75. The van der Waals surface area contributed by atoms with Gasteiger partial charge >= 0.3 is 0 Å². The summed E-state index contributed by atoms with van der Waals surface area (Å²) in [5.41, 5.74) is 5.73. The monoisotopic (exact) mass is 214 g/mol. The van der Waals surface area contributed by atoms with Crippen LogP contribution in [0, 0.1) is 11.8 Å². The molecule has 0 aliphatic heterocycles. The van der Waals surface area contributed by atoms with Crippen molar-refractivity contribution < 1.29 is 9.63 Å². The molecule has 1 fully saturated rings. The fraction of sp³-hybridized carbons (Fsp3) is 0.909. The van der Waals surface area contributed by atoms with Crippen LogP contribution in [-0.2, 0) is 9.63 Å². The first-order valence-electron chi connectivity index (χ1n) is 5.69. The largest absolute Gasteiger partial charge is 0.330 e. The second kappa shape index (κ2) is 6.08. The first-order chi connectivity index (χ1) is 7.19. The zero-order valence-corrected chi connectivity index (χ0v) is 9.74. The van der Waals surface area contributed by atoms with Crippen LogP contribution in [0.4, 0.5) is 0 Å². The van der Waals surface area contributed by atoms with E-state index in [1.54, 1.807) is 7.05 Å². The predicted molar refractivity (Wildman–Crippen MR) is 58.9 cm³/mol. The molecule has 1 amide bonds. The molecule has 0 aromatic rings. The zero-order chi connectivity index (χ0) is 11.3. The molecule has 1 aliphatic carbocycles. The van der Waals surface area contributed by atoms with Crippen molar-refractivity contribution in [3.63, 3.8) is 0 Å². The van der Waals surface area contributed by atoms with Crippen LogP contribution < -0.4 is 5.73 Å². The second-order valence-electron chi connectivity index (χ2n) is 4.32. The van der Waals surface area contributed by atoms with Crippen molar-refractivity contribution in [3.05, 3.63) is 0 Å². The van der Waals surface area contributed by atoms with E-state index in [0.717, 1.165) is 0 Å². The van der Waals surface area contributed by atoms with Crippen molar-refractivity contribution in [3.8, 4) is 0 Å². The molecule has 1 rings (SSSR count). The van der Waals surface area contributed by atoms with Gasteiger partial charge in [0.25, 0.3) is 0 Å². The van der Waals surface area contributed by atoms with Crippen LogP contribution in [0.3, 0.4) is 0 Å². The maximum Gasteiger partial charge on any atom is 0.246 e. The van der Waals surface area contributed by atoms with Crippen molar-refractivity contribution in [2.24, 2.45) is 17.6 Å². The Bertz CT molecular complexity index is 203. The molecule has 0 bridgehead atoms. The van der Waals surface area contributed by atoms with Crippen LogP contribution in [0.1, 0.15) is 32.1 Å².